The lowest BCUT2D eigenvalue weighted by Crippen LogP contribution is -2.44. The predicted molar refractivity (Wildman–Crippen MR) is 63.6 cm³/mol. The van der Waals surface area contributed by atoms with E-state index < -0.39 is 5.97 Å². The second kappa shape index (κ2) is 8.03. The molecule has 6 nitrogen and oxygen atoms in total. The zero-order valence-electron chi connectivity index (χ0n) is 10.7. The number of amides is 1. The zero-order valence-corrected chi connectivity index (χ0v) is 10.7. The summed E-state index contributed by atoms with van der Waals surface area (Å²) in [5.74, 6) is -1.25. The number of carboxylic acids is 1. The normalized spacial score (nSPS) is 14.1. The van der Waals surface area contributed by atoms with Gasteiger partial charge in [0.25, 0.3) is 0 Å². The number of ether oxygens (including phenoxy) is 1. The Morgan fingerprint density at radius 1 is 1.47 bits per heavy atom. The van der Waals surface area contributed by atoms with Crippen LogP contribution in [0.5, 0.6) is 0 Å². The molecule has 0 saturated heterocycles. The number of carbonyl (C=O) groups is 2. The highest BCUT2D eigenvalue weighted by molar-refractivity contribution is 5.82. The Morgan fingerprint density at radius 2 is 2.06 bits per heavy atom. The number of hydrogen-bond donors (Lipinski definition) is 2. The molecule has 3 N–H and O–H groups in total. The molecule has 0 aliphatic heterocycles. The Labute approximate surface area is 102 Å². The molecule has 0 spiro atoms. The van der Waals surface area contributed by atoms with Gasteiger partial charge in [-0.3, -0.25) is 9.59 Å². The van der Waals surface area contributed by atoms with Crippen molar-refractivity contribution in [3.8, 4) is 0 Å². The fourth-order valence-electron chi connectivity index (χ4n) is 1.43. The van der Waals surface area contributed by atoms with E-state index in [1.54, 1.807) is 0 Å². The molecule has 0 bridgehead atoms. The largest absolute Gasteiger partial charge is 0.480 e. The van der Waals surface area contributed by atoms with E-state index in [0.29, 0.717) is 6.42 Å². The van der Waals surface area contributed by atoms with Gasteiger partial charge in [-0.25, -0.2) is 0 Å². The van der Waals surface area contributed by atoms with Crippen molar-refractivity contribution in [3.63, 3.8) is 0 Å². The molecule has 0 aromatic heterocycles. The van der Waals surface area contributed by atoms with E-state index in [1.165, 1.54) is 12.0 Å². The molecule has 0 radical (unpaired) electrons. The van der Waals surface area contributed by atoms with Crippen molar-refractivity contribution in [1.29, 1.82) is 0 Å². The minimum Gasteiger partial charge on any atom is -0.480 e. The van der Waals surface area contributed by atoms with Crippen LogP contribution in [0.25, 0.3) is 0 Å². The lowest BCUT2D eigenvalue weighted by atomic mass is 10.1. The fourth-order valence-corrected chi connectivity index (χ4v) is 1.43. The number of nitrogens with zero attached hydrogens (tertiary/aromatic N) is 1. The van der Waals surface area contributed by atoms with Crippen LogP contribution in [0.15, 0.2) is 0 Å². The van der Waals surface area contributed by atoms with Crippen LogP contribution in [0.2, 0.25) is 0 Å². The van der Waals surface area contributed by atoms with Crippen molar-refractivity contribution in [2.45, 2.75) is 38.8 Å². The molecule has 0 aliphatic carbocycles. The predicted octanol–water partition coefficient (Wildman–Crippen LogP) is 0.0619. The molecular formula is C11H22N2O4. The highest BCUT2D eigenvalue weighted by atomic mass is 16.5. The van der Waals surface area contributed by atoms with Gasteiger partial charge in [0.1, 0.15) is 6.54 Å². The highest BCUT2D eigenvalue weighted by Crippen LogP contribution is 2.08. The molecule has 1 amide bonds. The second-order valence-corrected chi connectivity index (χ2v) is 3.97. The van der Waals surface area contributed by atoms with Gasteiger partial charge >= 0.3 is 5.97 Å². The van der Waals surface area contributed by atoms with Gasteiger partial charge in [0.2, 0.25) is 5.91 Å². The van der Waals surface area contributed by atoms with Crippen LogP contribution in [0.4, 0.5) is 0 Å². The van der Waals surface area contributed by atoms with E-state index in [0.717, 1.165) is 0 Å². The summed E-state index contributed by atoms with van der Waals surface area (Å²) in [5.41, 5.74) is 5.43. The molecule has 6 heteroatoms. The number of rotatable bonds is 8. The van der Waals surface area contributed by atoms with Crippen LogP contribution in [-0.4, -0.2) is 54.2 Å². The molecule has 0 fully saturated rings. The van der Waals surface area contributed by atoms with E-state index in [-0.39, 0.29) is 37.6 Å². The number of carboxylic acid groups (broad SMARTS) is 1. The lowest BCUT2D eigenvalue weighted by Gasteiger charge is -2.28. The molecule has 2 atom stereocenters. The Morgan fingerprint density at radius 3 is 2.41 bits per heavy atom. The van der Waals surface area contributed by atoms with E-state index in [1.807, 2.05) is 13.8 Å². The molecular weight excluding hydrogens is 224 g/mol. The molecule has 0 saturated carbocycles. The lowest BCUT2D eigenvalue weighted by molar-refractivity contribution is -0.147. The van der Waals surface area contributed by atoms with Gasteiger partial charge in [-0.05, 0) is 13.3 Å². The molecule has 0 rings (SSSR count). The monoisotopic (exact) mass is 246 g/mol. The summed E-state index contributed by atoms with van der Waals surface area (Å²) in [5, 5.41) is 8.78. The molecule has 0 aromatic carbocycles. The van der Waals surface area contributed by atoms with Crippen LogP contribution < -0.4 is 5.73 Å². The number of aliphatic carboxylic acids is 1. The Hall–Kier alpha value is -1.14. The third-order valence-electron chi connectivity index (χ3n) is 2.75. The van der Waals surface area contributed by atoms with Gasteiger partial charge in [-0.1, -0.05) is 6.92 Å². The molecule has 17 heavy (non-hydrogen) atoms. The number of hydrogen-bond acceptors (Lipinski definition) is 4. The Kier molecular flexibility index (Phi) is 7.49. The first kappa shape index (κ1) is 15.9. The van der Waals surface area contributed by atoms with Crippen molar-refractivity contribution in [2.75, 3.05) is 20.2 Å². The van der Waals surface area contributed by atoms with E-state index in [2.05, 4.69) is 0 Å². The smallest absolute Gasteiger partial charge is 0.323 e. The summed E-state index contributed by atoms with van der Waals surface area (Å²) in [6, 6.07) is -0.103. The van der Waals surface area contributed by atoms with Gasteiger partial charge < -0.3 is 20.5 Å². The van der Waals surface area contributed by atoms with E-state index >= 15 is 0 Å². The van der Waals surface area contributed by atoms with Crippen molar-refractivity contribution >= 4 is 11.9 Å². The molecule has 0 aromatic rings. The maximum Gasteiger partial charge on any atom is 0.323 e. The number of methoxy groups -OCH3 is 1. The van der Waals surface area contributed by atoms with Crippen molar-refractivity contribution in [1.82, 2.24) is 4.90 Å². The van der Waals surface area contributed by atoms with Gasteiger partial charge in [0, 0.05) is 19.7 Å². The van der Waals surface area contributed by atoms with Crippen molar-refractivity contribution in [3.05, 3.63) is 0 Å². The summed E-state index contributed by atoms with van der Waals surface area (Å²) in [7, 11) is 1.48. The fraction of sp³-hybridized carbons (Fsp3) is 0.818. The first-order valence-electron chi connectivity index (χ1n) is 5.70. The summed E-state index contributed by atoms with van der Waals surface area (Å²) in [4.78, 5) is 24.0. The summed E-state index contributed by atoms with van der Waals surface area (Å²) < 4.78 is 5.02. The maximum atomic E-state index is 11.9. The Bertz CT molecular complexity index is 254. The summed E-state index contributed by atoms with van der Waals surface area (Å²) in [6.07, 6.45) is 0.465. The van der Waals surface area contributed by atoms with Crippen LogP contribution in [0.1, 0.15) is 26.7 Å². The zero-order chi connectivity index (χ0) is 13.4. The van der Waals surface area contributed by atoms with Crippen LogP contribution in [0, 0.1) is 0 Å². The third kappa shape index (κ3) is 5.65. The van der Waals surface area contributed by atoms with Gasteiger partial charge in [-0.15, -0.1) is 0 Å². The quantitative estimate of drug-likeness (QED) is 0.632. The number of carbonyl (C=O) groups excluding carboxylic acids is 1. The molecule has 100 valence electrons. The van der Waals surface area contributed by atoms with Crippen molar-refractivity contribution in [2.24, 2.45) is 5.73 Å². The van der Waals surface area contributed by atoms with Crippen LogP contribution in [-0.2, 0) is 14.3 Å². The van der Waals surface area contributed by atoms with Gasteiger partial charge in [0.15, 0.2) is 0 Å². The van der Waals surface area contributed by atoms with E-state index in [4.69, 9.17) is 15.6 Å². The minimum absolute atomic E-state index is 0.103. The van der Waals surface area contributed by atoms with E-state index in [9.17, 15) is 9.59 Å². The summed E-state index contributed by atoms with van der Waals surface area (Å²) >= 11 is 0. The molecule has 0 heterocycles. The average Bonchev–Trinajstić information content (AvgIpc) is 2.31. The van der Waals surface area contributed by atoms with Gasteiger partial charge in [-0.2, -0.15) is 0 Å². The molecule has 0 aliphatic rings. The maximum absolute atomic E-state index is 11.9. The minimum atomic E-state index is -1.01. The first-order chi connectivity index (χ1) is 7.96. The van der Waals surface area contributed by atoms with Crippen LogP contribution in [0.3, 0.4) is 0 Å². The second-order valence-electron chi connectivity index (χ2n) is 3.97. The number of nitrogens with two attached hydrogens (primary N) is 1. The summed E-state index contributed by atoms with van der Waals surface area (Å²) in [6.45, 7) is 3.69. The topological polar surface area (TPSA) is 92.9 Å². The van der Waals surface area contributed by atoms with Crippen LogP contribution >= 0.6 is 0 Å². The highest BCUT2D eigenvalue weighted by Gasteiger charge is 2.23. The first-order valence-corrected chi connectivity index (χ1v) is 5.70. The SMILES string of the molecule is CCC(C)N(CC(=O)O)C(=O)CC(CN)OC. The van der Waals surface area contributed by atoms with Gasteiger partial charge in [0.05, 0.1) is 12.5 Å². The van der Waals surface area contributed by atoms with Crippen molar-refractivity contribution < 1.29 is 19.4 Å². The molecule has 2 unspecified atom stereocenters. The Balaban J connectivity index is 4.56. The average molecular weight is 246 g/mol. The third-order valence-corrected chi connectivity index (χ3v) is 2.75. The standard InChI is InChI=1S/C11H22N2O4/c1-4-8(2)13(7-11(15)16)10(14)5-9(6-12)17-3/h8-9H,4-7,12H2,1-3H3,(H,15,16).